The van der Waals surface area contributed by atoms with E-state index in [1.165, 1.54) is 23.5 Å². The molecule has 4 rings (SSSR count). The highest BCUT2D eigenvalue weighted by Gasteiger charge is 2.17. The van der Waals surface area contributed by atoms with Crippen molar-refractivity contribution >= 4 is 28.4 Å². The monoisotopic (exact) mass is 429 g/mol. The number of hydrogen-bond acceptors (Lipinski definition) is 6. The van der Waals surface area contributed by atoms with E-state index < -0.39 is 4.92 Å². The normalized spacial score (nSPS) is 11.2. The smallest absolute Gasteiger partial charge is 0.269 e. The minimum Gasteiger partial charge on any atom is -0.507 e. The zero-order valence-corrected chi connectivity index (χ0v) is 17.8. The zero-order valence-electron chi connectivity index (χ0n) is 16.9. The molecule has 0 fully saturated rings. The Morgan fingerprint density at radius 2 is 1.81 bits per heavy atom. The first-order valence-electron chi connectivity index (χ1n) is 9.58. The predicted octanol–water partition coefficient (Wildman–Crippen LogP) is 6.46. The number of nitro groups is 1. The van der Waals surface area contributed by atoms with E-state index in [9.17, 15) is 15.2 Å². The number of hydrogen-bond donors (Lipinski definition) is 1. The summed E-state index contributed by atoms with van der Waals surface area (Å²) in [5, 5.41) is 21.5. The van der Waals surface area contributed by atoms with Crippen LogP contribution in [0.5, 0.6) is 5.75 Å². The van der Waals surface area contributed by atoms with Gasteiger partial charge in [-0.25, -0.2) is 9.98 Å². The van der Waals surface area contributed by atoms with Crippen molar-refractivity contribution < 1.29 is 10.0 Å². The first-order chi connectivity index (χ1) is 14.9. The number of aromatic hydroxyl groups is 1. The maximum Gasteiger partial charge on any atom is 0.269 e. The van der Waals surface area contributed by atoms with E-state index in [2.05, 4.69) is 11.1 Å². The molecule has 0 aliphatic rings. The van der Waals surface area contributed by atoms with Crippen LogP contribution >= 0.6 is 11.3 Å². The number of nitrogens with zero attached hydrogens (tertiary/aromatic N) is 3. The summed E-state index contributed by atoms with van der Waals surface area (Å²) in [6.45, 7) is 4.07. The molecule has 0 radical (unpaired) electrons. The van der Waals surface area contributed by atoms with Gasteiger partial charge in [0.15, 0.2) is 0 Å². The van der Waals surface area contributed by atoms with Gasteiger partial charge >= 0.3 is 0 Å². The zero-order chi connectivity index (χ0) is 22.0. The minimum atomic E-state index is -0.413. The molecule has 0 atom stereocenters. The number of benzene rings is 3. The standard InChI is InChI=1S/C24H19N3O3S/c1-15-7-12-20(16(2)13-15)22-23(17-8-10-19(11-9-17)27(29)30)31-24(26-22)25-14-18-5-3-4-6-21(18)28/h3-14,28H,1-2H3. The number of nitro benzene ring substituents is 1. The lowest BCUT2D eigenvalue weighted by molar-refractivity contribution is -0.384. The van der Waals surface area contributed by atoms with Crippen molar-refractivity contribution in [1.82, 2.24) is 4.98 Å². The van der Waals surface area contributed by atoms with Gasteiger partial charge in [-0.3, -0.25) is 10.1 Å². The number of thiazole rings is 1. The minimum absolute atomic E-state index is 0.0409. The number of phenols is 1. The molecule has 0 saturated carbocycles. The molecule has 0 aliphatic heterocycles. The fourth-order valence-electron chi connectivity index (χ4n) is 3.28. The number of non-ortho nitro benzene ring substituents is 1. The van der Waals surface area contributed by atoms with E-state index >= 15 is 0 Å². The molecular weight excluding hydrogens is 410 g/mol. The molecule has 1 heterocycles. The predicted molar refractivity (Wildman–Crippen MR) is 124 cm³/mol. The first-order valence-corrected chi connectivity index (χ1v) is 10.4. The maximum absolute atomic E-state index is 11.0. The van der Waals surface area contributed by atoms with Crippen molar-refractivity contribution in [2.75, 3.05) is 0 Å². The van der Waals surface area contributed by atoms with Crippen LogP contribution in [0, 0.1) is 24.0 Å². The summed E-state index contributed by atoms with van der Waals surface area (Å²) < 4.78 is 0. The van der Waals surface area contributed by atoms with E-state index in [0.29, 0.717) is 10.7 Å². The highest BCUT2D eigenvalue weighted by atomic mass is 32.1. The number of aromatic nitrogens is 1. The third-order valence-corrected chi connectivity index (χ3v) is 5.86. The molecule has 1 aromatic heterocycles. The van der Waals surface area contributed by atoms with Crippen molar-refractivity contribution in [1.29, 1.82) is 0 Å². The highest BCUT2D eigenvalue weighted by Crippen LogP contribution is 2.41. The molecular formula is C24H19N3O3S. The molecule has 154 valence electrons. The molecule has 1 N–H and O–H groups in total. The third-order valence-electron chi connectivity index (χ3n) is 4.84. The lowest BCUT2D eigenvalue weighted by Gasteiger charge is -2.07. The van der Waals surface area contributed by atoms with Crippen LogP contribution in [0.4, 0.5) is 10.8 Å². The van der Waals surface area contributed by atoms with Crippen LogP contribution in [-0.4, -0.2) is 21.2 Å². The van der Waals surface area contributed by atoms with E-state index in [1.807, 2.05) is 32.0 Å². The van der Waals surface area contributed by atoms with Crippen LogP contribution in [0.15, 0.2) is 71.7 Å². The molecule has 3 aromatic carbocycles. The second kappa shape index (κ2) is 8.49. The summed E-state index contributed by atoms with van der Waals surface area (Å²) >= 11 is 1.40. The van der Waals surface area contributed by atoms with Gasteiger partial charge in [-0.1, -0.05) is 47.2 Å². The number of aliphatic imine (C=N–C) groups is 1. The molecule has 6 nitrogen and oxygen atoms in total. The van der Waals surface area contributed by atoms with Crippen LogP contribution in [0.1, 0.15) is 16.7 Å². The van der Waals surface area contributed by atoms with E-state index in [4.69, 9.17) is 4.98 Å². The Bertz CT molecular complexity index is 1290. The number of para-hydroxylation sites is 1. The fraction of sp³-hybridized carbons (Fsp3) is 0.0833. The van der Waals surface area contributed by atoms with Crippen molar-refractivity contribution in [3.05, 3.63) is 93.5 Å². The lowest BCUT2D eigenvalue weighted by Crippen LogP contribution is -1.89. The summed E-state index contributed by atoms with van der Waals surface area (Å²) in [7, 11) is 0. The van der Waals surface area contributed by atoms with Crippen LogP contribution in [0.25, 0.3) is 21.7 Å². The number of phenolic OH excluding ortho intramolecular Hbond substituents is 1. The van der Waals surface area contributed by atoms with Crippen molar-refractivity contribution in [2.24, 2.45) is 4.99 Å². The largest absolute Gasteiger partial charge is 0.507 e. The summed E-state index contributed by atoms with van der Waals surface area (Å²) in [5.74, 6) is 0.146. The summed E-state index contributed by atoms with van der Waals surface area (Å²) in [6, 6.07) is 19.6. The molecule has 0 aliphatic carbocycles. The second-order valence-corrected chi connectivity index (χ2v) is 8.09. The molecule has 7 heteroatoms. The topological polar surface area (TPSA) is 88.6 Å². The molecule has 31 heavy (non-hydrogen) atoms. The lowest BCUT2D eigenvalue weighted by atomic mass is 10.0. The van der Waals surface area contributed by atoms with Crippen LogP contribution < -0.4 is 0 Å². The second-order valence-electron chi connectivity index (χ2n) is 7.11. The SMILES string of the molecule is Cc1ccc(-c2nc(N=Cc3ccccc3O)sc2-c2ccc([N+](=O)[O-])cc2)c(C)c1. The Morgan fingerprint density at radius 1 is 1.06 bits per heavy atom. The highest BCUT2D eigenvalue weighted by molar-refractivity contribution is 7.19. The van der Waals surface area contributed by atoms with E-state index in [1.54, 1.807) is 36.5 Å². The summed E-state index contributed by atoms with van der Waals surface area (Å²) in [4.78, 5) is 20.7. The summed E-state index contributed by atoms with van der Waals surface area (Å²) in [6.07, 6.45) is 1.58. The van der Waals surface area contributed by atoms with Gasteiger partial charge in [-0.05, 0) is 49.2 Å². The van der Waals surface area contributed by atoms with Gasteiger partial charge in [-0.15, -0.1) is 0 Å². The molecule has 0 bridgehead atoms. The van der Waals surface area contributed by atoms with Gasteiger partial charge in [0.25, 0.3) is 5.69 Å². The maximum atomic E-state index is 11.0. The van der Waals surface area contributed by atoms with Crippen molar-refractivity contribution in [2.45, 2.75) is 13.8 Å². The van der Waals surface area contributed by atoms with Crippen LogP contribution in [0.3, 0.4) is 0 Å². The Hall–Kier alpha value is -3.84. The fourth-order valence-corrected chi connectivity index (χ4v) is 4.21. The average molecular weight is 430 g/mol. The van der Waals surface area contributed by atoms with Crippen LogP contribution in [-0.2, 0) is 0 Å². The van der Waals surface area contributed by atoms with E-state index in [-0.39, 0.29) is 11.4 Å². The van der Waals surface area contributed by atoms with Gasteiger partial charge < -0.3 is 5.11 Å². The van der Waals surface area contributed by atoms with Gasteiger partial charge in [0, 0.05) is 29.5 Å². The van der Waals surface area contributed by atoms with Gasteiger partial charge in [0.1, 0.15) is 5.75 Å². The van der Waals surface area contributed by atoms with Gasteiger partial charge in [-0.2, -0.15) is 0 Å². The number of aryl methyl sites for hydroxylation is 2. The third kappa shape index (κ3) is 4.36. The molecule has 0 spiro atoms. The Balaban J connectivity index is 1.82. The Kier molecular flexibility index (Phi) is 5.60. The summed E-state index contributed by atoms with van der Waals surface area (Å²) in [5.41, 5.74) is 5.49. The van der Waals surface area contributed by atoms with Gasteiger partial charge in [0.2, 0.25) is 5.13 Å². The molecule has 0 unspecified atom stereocenters. The van der Waals surface area contributed by atoms with Gasteiger partial charge in [0.05, 0.1) is 15.5 Å². The quantitative estimate of drug-likeness (QED) is 0.224. The van der Waals surface area contributed by atoms with Crippen LogP contribution in [0.2, 0.25) is 0 Å². The molecule has 0 saturated heterocycles. The van der Waals surface area contributed by atoms with E-state index in [0.717, 1.165) is 32.8 Å². The Morgan fingerprint density at radius 3 is 2.48 bits per heavy atom. The molecule has 4 aromatic rings. The number of rotatable bonds is 5. The molecule has 0 amide bonds. The van der Waals surface area contributed by atoms with Crippen molar-refractivity contribution in [3.8, 4) is 27.4 Å². The first kappa shape index (κ1) is 20.4. The average Bonchev–Trinajstić information content (AvgIpc) is 3.17. The Labute approximate surface area is 183 Å². The van der Waals surface area contributed by atoms with Crippen molar-refractivity contribution in [3.63, 3.8) is 0 Å².